The van der Waals surface area contributed by atoms with E-state index in [1.54, 1.807) is 11.9 Å². The van der Waals surface area contributed by atoms with Gasteiger partial charge in [-0.25, -0.2) is 9.97 Å². The molecule has 2 N–H and O–H groups in total. The number of nitrogen functional groups attached to an aromatic ring is 1. The monoisotopic (exact) mass is 338 g/mol. The maximum atomic E-state index is 12.7. The lowest BCUT2D eigenvalue weighted by molar-refractivity contribution is 0.0780. The fraction of sp³-hybridized carbons (Fsp3) is 0.316. The van der Waals surface area contributed by atoms with Gasteiger partial charge in [-0.3, -0.25) is 4.79 Å². The molecule has 6 heteroatoms. The van der Waals surface area contributed by atoms with Crippen molar-refractivity contribution < 1.29 is 9.21 Å². The van der Waals surface area contributed by atoms with Crippen molar-refractivity contribution in [1.82, 2.24) is 14.9 Å². The minimum Gasteiger partial charge on any atom is -0.461 e. The molecular weight excluding hydrogens is 316 g/mol. The molecule has 2 aromatic heterocycles. The van der Waals surface area contributed by atoms with Crippen molar-refractivity contribution in [1.29, 1.82) is 0 Å². The van der Waals surface area contributed by atoms with Crippen molar-refractivity contribution >= 4 is 22.7 Å². The number of nitrogens with two attached hydrogens (primary N) is 1. The molecule has 25 heavy (non-hydrogen) atoms. The zero-order chi connectivity index (χ0) is 17.8. The van der Waals surface area contributed by atoms with E-state index in [2.05, 4.69) is 16.9 Å². The van der Waals surface area contributed by atoms with Crippen LogP contribution < -0.4 is 5.73 Å². The molecule has 0 aliphatic carbocycles. The van der Waals surface area contributed by atoms with Crippen LogP contribution in [0.3, 0.4) is 0 Å². The first-order chi connectivity index (χ1) is 12.1. The van der Waals surface area contributed by atoms with Gasteiger partial charge in [-0.05, 0) is 12.5 Å². The van der Waals surface area contributed by atoms with Gasteiger partial charge in [-0.15, -0.1) is 0 Å². The van der Waals surface area contributed by atoms with Crippen LogP contribution in [-0.2, 0) is 13.0 Å². The molecule has 2 heterocycles. The number of aromatic nitrogens is 2. The van der Waals surface area contributed by atoms with Crippen LogP contribution in [0.2, 0.25) is 0 Å². The highest BCUT2D eigenvalue weighted by molar-refractivity contribution is 5.96. The first-order valence-corrected chi connectivity index (χ1v) is 8.43. The SMILES string of the molecule is CCCCc1oc2ccccc2c1CN(C)C(=O)c1nccnc1N. The smallest absolute Gasteiger partial charge is 0.276 e. The summed E-state index contributed by atoms with van der Waals surface area (Å²) in [6.07, 6.45) is 5.93. The van der Waals surface area contributed by atoms with Crippen LogP contribution in [-0.4, -0.2) is 27.8 Å². The first kappa shape index (κ1) is 17.0. The molecule has 0 bridgehead atoms. The second kappa shape index (κ2) is 7.34. The Bertz CT molecular complexity index is 888. The summed E-state index contributed by atoms with van der Waals surface area (Å²) in [5, 5.41) is 1.04. The summed E-state index contributed by atoms with van der Waals surface area (Å²) in [5.74, 6) is 0.828. The van der Waals surface area contributed by atoms with Crippen LogP contribution in [0.25, 0.3) is 11.0 Å². The lowest BCUT2D eigenvalue weighted by Gasteiger charge is -2.17. The van der Waals surface area contributed by atoms with Gasteiger partial charge < -0.3 is 15.1 Å². The number of fused-ring (bicyclic) bond motifs is 1. The molecule has 1 amide bonds. The third-order valence-corrected chi connectivity index (χ3v) is 4.21. The van der Waals surface area contributed by atoms with Crippen molar-refractivity contribution in [2.75, 3.05) is 12.8 Å². The third kappa shape index (κ3) is 3.47. The molecule has 0 aliphatic rings. The lowest BCUT2D eigenvalue weighted by atomic mass is 10.1. The van der Waals surface area contributed by atoms with Crippen LogP contribution in [0.15, 0.2) is 41.1 Å². The summed E-state index contributed by atoms with van der Waals surface area (Å²) in [6.45, 7) is 2.58. The average molecular weight is 338 g/mol. The van der Waals surface area contributed by atoms with Crippen molar-refractivity contribution in [3.05, 3.63) is 53.7 Å². The van der Waals surface area contributed by atoms with Crippen LogP contribution in [0.4, 0.5) is 5.82 Å². The van der Waals surface area contributed by atoms with Crippen molar-refractivity contribution in [2.24, 2.45) is 0 Å². The van der Waals surface area contributed by atoms with E-state index in [9.17, 15) is 4.79 Å². The van der Waals surface area contributed by atoms with E-state index in [-0.39, 0.29) is 17.4 Å². The van der Waals surface area contributed by atoms with E-state index < -0.39 is 0 Å². The Morgan fingerprint density at radius 2 is 2.00 bits per heavy atom. The number of unbranched alkanes of at least 4 members (excludes halogenated alkanes) is 1. The predicted molar refractivity (Wildman–Crippen MR) is 97.1 cm³/mol. The standard InChI is InChI=1S/C19H22N4O2/c1-3-4-8-16-14(13-7-5-6-9-15(13)25-16)12-23(2)19(24)17-18(20)22-11-10-21-17/h5-7,9-11H,3-4,8,12H2,1-2H3,(H2,20,22). The Labute approximate surface area is 146 Å². The van der Waals surface area contributed by atoms with E-state index in [4.69, 9.17) is 10.2 Å². The molecule has 3 aromatic rings. The van der Waals surface area contributed by atoms with E-state index in [0.29, 0.717) is 6.54 Å². The lowest BCUT2D eigenvalue weighted by Crippen LogP contribution is -2.28. The Hall–Kier alpha value is -2.89. The molecule has 1 aromatic carbocycles. The molecule has 0 atom stereocenters. The summed E-state index contributed by atoms with van der Waals surface area (Å²) >= 11 is 0. The van der Waals surface area contributed by atoms with Crippen molar-refractivity contribution in [3.8, 4) is 0 Å². The summed E-state index contributed by atoms with van der Waals surface area (Å²) in [7, 11) is 1.74. The fourth-order valence-corrected chi connectivity index (χ4v) is 2.87. The fourth-order valence-electron chi connectivity index (χ4n) is 2.87. The molecule has 0 fully saturated rings. The number of amides is 1. The van der Waals surface area contributed by atoms with Crippen molar-refractivity contribution in [3.63, 3.8) is 0 Å². The molecular formula is C19H22N4O2. The summed E-state index contributed by atoms with van der Waals surface area (Å²) in [4.78, 5) is 22.3. The topological polar surface area (TPSA) is 85.2 Å². The minimum atomic E-state index is -0.252. The highest BCUT2D eigenvalue weighted by atomic mass is 16.3. The number of nitrogens with zero attached hydrogens (tertiary/aromatic N) is 3. The number of aryl methyl sites for hydroxylation is 1. The van der Waals surface area contributed by atoms with Gasteiger partial charge in [0.25, 0.3) is 5.91 Å². The van der Waals surface area contributed by atoms with Crippen molar-refractivity contribution in [2.45, 2.75) is 32.7 Å². The van der Waals surface area contributed by atoms with Crippen LogP contribution in [0.1, 0.15) is 41.6 Å². The first-order valence-electron chi connectivity index (χ1n) is 8.43. The molecule has 0 unspecified atom stereocenters. The third-order valence-electron chi connectivity index (χ3n) is 4.21. The highest BCUT2D eigenvalue weighted by Gasteiger charge is 2.21. The van der Waals surface area contributed by atoms with Gasteiger partial charge >= 0.3 is 0 Å². The molecule has 0 spiro atoms. The van der Waals surface area contributed by atoms with Gasteiger partial charge in [-0.2, -0.15) is 0 Å². The van der Waals surface area contributed by atoms with Crippen LogP contribution >= 0.6 is 0 Å². The molecule has 6 nitrogen and oxygen atoms in total. The second-order valence-corrected chi connectivity index (χ2v) is 6.05. The molecule has 0 radical (unpaired) electrons. The van der Waals surface area contributed by atoms with Crippen LogP contribution in [0.5, 0.6) is 0 Å². The quantitative estimate of drug-likeness (QED) is 0.744. The van der Waals surface area contributed by atoms with E-state index in [1.807, 2.05) is 24.3 Å². The Morgan fingerprint density at radius 1 is 1.24 bits per heavy atom. The van der Waals surface area contributed by atoms with Gasteiger partial charge in [0.15, 0.2) is 11.5 Å². The summed E-state index contributed by atoms with van der Waals surface area (Å²) < 4.78 is 6.02. The molecule has 0 saturated heterocycles. The number of anilines is 1. The number of benzene rings is 1. The zero-order valence-corrected chi connectivity index (χ0v) is 14.5. The average Bonchev–Trinajstić information content (AvgIpc) is 2.97. The number of rotatable bonds is 6. The molecule has 130 valence electrons. The number of hydrogen-bond acceptors (Lipinski definition) is 5. The normalized spacial score (nSPS) is 11.0. The highest BCUT2D eigenvalue weighted by Crippen LogP contribution is 2.28. The second-order valence-electron chi connectivity index (χ2n) is 6.05. The minimum absolute atomic E-state index is 0.141. The predicted octanol–water partition coefficient (Wildman–Crippen LogP) is 3.42. The molecule has 0 aliphatic heterocycles. The Kier molecular flexibility index (Phi) is 4.97. The van der Waals surface area contributed by atoms with Gasteiger partial charge in [0.05, 0.1) is 0 Å². The van der Waals surface area contributed by atoms with E-state index in [0.717, 1.165) is 41.6 Å². The van der Waals surface area contributed by atoms with Gasteiger partial charge in [0, 0.05) is 43.4 Å². The van der Waals surface area contributed by atoms with E-state index in [1.165, 1.54) is 12.4 Å². The Morgan fingerprint density at radius 3 is 2.76 bits per heavy atom. The maximum Gasteiger partial charge on any atom is 0.276 e. The maximum absolute atomic E-state index is 12.7. The largest absolute Gasteiger partial charge is 0.461 e. The number of carbonyl (C=O) groups is 1. The molecule has 0 saturated carbocycles. The zero-order valence-electron chi connectivity index (χ0n) is 14.5. The molecule has 3 rings (SSSR count). The van der Waals surface area contributed by atoms with Gasteiger partial charge in [0.2, 0.25) is 0 Å². The number of hydrogen-bond donors (Lipinski definition) is 1. The number of para-hydroxylation sites is 1. The Balaban J connectivity index is 1.91. The number of furan rings is 1. The van der Waals surface area contributed by atoms with Gasteiger partial charge in [0.1, 0.15) is 11.3 Å². The van der Waals surface area contributed by atoms with Gasteiger partial charge in [-0.1, -0.05) is 31.5 Å². The van der Waals surface area contributed by atoms with E-state index >= 15 is 0 Å². The summed E-state index contributed by atoms with van der Waals surface area (Å²) in [5.41, 5.74) is 7.85. The number of carbonyl (C=O) groups excluding carboxylic acids is 1. The summed E-state index contributed by atoms with van der Waals surface area (Å²) in [6, 6.07) is 7.91. The van der Waals surface area contributed by atoms with Crippen LogP contribution in [0, 0.1) is 0 Å².